The Bertz CT molecular complexity index is 406. The van der Waals surface area contributed by atoms with Crippen LogP contribution in [0, 0.1) is 0 Å². The molecule has 1 amide bonds. The van der Waals surface area contributed by atoms with Crippen molar-refractivity contribution in [3.8, 4) is 5.75 Å². The van der Waals surface area contributed by atoms with E-state index in [1.54, 1.807) is 19.1 Å². The first-order valence-electron chi connectivity index (χ1n) is 6.58. The minimum atomic E-state index is 0.0560. The molecule has 1 N–H and O–H groups in total. The molecule has 0 aliphatic carbocycles. The first-order valence-corrected chi connectivity index (χ1v) is 6.58. The highest BCUT2D eigenvalue weighted by Crippen LogP contribution is 2.20. The molecule has 0 heterocycles. The summed E-state index contributed by atoms with van der Waals surface area (Å²) >= 11 is 0. The number of hydrogen-bond donors (Lipinski definition) is 1. The number of nitrogens with zero attached hydrogens (tertiary/aromatic N) is 1. The van der Waals surface area contributed by atoms with Crippen LogP contribution in [-0.2, 0) is 11.2 Å². The Kier molecular flexibility index (Phi) is 6.36. The second kappa shape index (κ2) is 7.79. The van der Waals surface area contributed by atoms with Gasteiger partial charge in [0, 0.05) is 26.1 Å². The molecule has 0 saturated carbocycles. The van der Waals surface area contributed by atoms with Crippen LogP contribution in [0.4, 0.5) is 0 Å². The van der Waals surface area contributed by atoms with E-state index in [0.29, 0.717) is 12.8 Å². The molecule has 0 spiro atoms. The van der Waals surface area contributed by atoms with Crippen LogP contribution in [0.1, 0.15) is 25.3 Å². The van der Waals surface area contributed by atoms with E-state index in [1.807, 2.05) is 31.2 Å². The number of carbonyl (C=O) groups is 1. The van der Waals surface area contributed by atoms with Crippen LogP contribution in [-0.4, -0.2) is 42.7 Å². The monoisotopic (exact) mass is 265 g/mol. The lowest BCUT2D eigenvalue weighted by Gasteiger charge is -2.25. The fourth-order valence-electron chi connectivity index (χ4n) is 1.98. The van der Waals surface area contributed by atoms with Crippen molar-refractivity contribution in [3.63, 3.8) is 0 Å². The molecular formula is C15H23NO3. The summed E-state index contributed by atoms with van der Waals surface area (Å²) in [6.45, 7) is 2.07. The van der Waals surface area contributed by atoms with Gasteiger partial charge in [0.1, 0.15) is 5.75 Å². The maximum Gasteiger partial charge on any atom is 0.222 e. The van der Waals surface area contributed by atoms with E-state index in [0.717, 1.165) is 17.7 Å². The Morgan fingerprint density at radius 1 is 1.42 bits per heavy atom. The molecule has 1 atom stereocenters. The van der Waals surface area contributed by atoms with E-state index in [-0.39, 0.29) is 18.6 Å². The number of aliphatic hydroxyl groups is 1. The minimum Gasteiger partial charge on any atom is -0.496 e. The number of methoxy groups -OCH3 is 1. The Morgan fingerprint density at radius 3 is 2.74 bits per heavy atom. The van der Waals surface area contributed by atoms with Crippen LogP contribution in [0.25, 0.3) is 0 Å². The molecule has 106 valence electrons. The number of benzene rings is 1. The van der Waals surface area contributed by atoms with Crippen LogP contribution in [0.3, 0.4) is 0 Å². The minimum absolute atomic E-state index is 0.0560. The Balaban J connectivity index is 2.63. The number of amides is 1. The van der Waals surface area contributed by atoms with E-state index in [4.69, 9.17) is 9.84 Å². The summed E-state index contributed by atoms with van der Waals surface area (Å²) in [4.78, 5) is 13.6. The fourth-order valence-corrected chi connectivity index (χ4v) is 1.98. The van der Waals surface area contributed by atoms with Crippen molar-refractivity contribution in [2.75, 3.05) is 20.8 Å². The van der Waals surface area contributed by atoms with Crippen molar-refractivity contribution >= 4 is 5.91 Å². The van der Waals surface area contributed by atoms with Gasteiger partial charge in [-0.05, 0) is 31.4 Å². The van der Waals surface area contributed by atoms with E-state index < -0.39 is 0 Å². The summed E-state index contributed by atoms with van der Waals surface area (Å²) in [5.74, 6) is 0.919. The SMILES string of the molecule is COc1ccccc1CC(C)N(C)C(=O)CCCO. The molecule has 4 nitrogen and oxygen atoms in total. The van der Waals surface area contributed by atoms with Gasteiger partial charge in [-0.2, -0.15) is 0 Å². The number of likely N-dealkylation sites (N-methyl/N-ethyl adjacent to an activating group) is 1. The average molecular weight is 265 g/mol. The number of para-hydroxylation sites is 1. The van der Waals surface area contributed by atoms with Crippen LogP contribution < -0.4 is 4.74 Å². The van der Waals surface area contributed by atoms with Crippen LogP contribution >= 0.6 is 0 Å². The molecule has 0 bridgehead atoms. The third kappa shape index (κ3) is 4.56. The van der Waals surface area contributed by atoms with Crippen molar-refractivity contribution in [1.29, 1.82) is 0 Å². The third-order valence-electron chi connectivity index (χ3n) is 3.31. The van der Waals surface area contributed by atoms with Gasteiger partial charge in [-0.25, -0.2) is 0 Å². The standard InChI is InChI=1S/C15H23NO3/c1-12(16(2)15(18)9-6-10-17)11-13-7-4-5-8-14(13)19-3/h4-5,7-8,12,17H,6,9-11H2,1-3H3. The molecule has 0 radical (unpaired) electrons. The molecule has 1 unspecified atom stereocenters. The van der Waals surface area contributed by atoms with Crippen molar-refractivity contribution < 1.29 is 14.6 Å². The van der Waals surface area contributed by atoms with E-state index in [9.17, 15) is 4.79 Å². The second-order valence-electron chi connectivity index (χ2n) is 4.70. The Hall–Kier alpha value is -1.55. The first kappa shape index (κ1) is 15.5. The number of aliphatic hydroxyl groups excluding tert-OH is 1. The predicted octanol–water partition coefficient (Wildman–Crippen LogP) is 1.86. The summed E-state index contributed by atoms with van der Waals surface area (Å²) < 4.78 is 5.31. The molecule has 1 aromatic carbocycles. The quantitative estimate of drug-likeness (QED) is 0.818. The van der Waals surface area contributed by atoms with Gasteiger partial charge in [0.15, 0.2) is 0 Å². The molecular weight excluding hydrogens is 242 g/mol. The lowest BCUT2D eigenvalue weighted by Crippen LogP contribution is -2.36. The number of ether oxygens (including phenoxy) is 1. The van der Waals surface area contributed by atoms with Gasteiger partial charge in [-0.15, -0.1) is 0 Å². The lowest BCUT2D eigenvalue weighted by atomic mass is 10.0. The summed E-state index contributed by atoms with van der Waals surface area (Å²) in [6.07, 6.45) is 1.67. The Labute approximate surface area is 115 Å². The van der Waals surface area contributed by atoms with Gasteiger partial charge >= 0.3 is 0 Å². The molecule has 1 aromatic rings. The molecule has 0 aromatic heterocycles. The number of rotatable bonds is 7. The molecule has 0 saturated heterocycles. The molecule has 0 aliphatic heterocycles. The number of carbonyl (C=O) groups excluding carboxylic acids is 1. The smallest absolute Gasteiger partial charge is 0.222 e. The van der Waals surface area contributed by atoms with Crippen LogP contribution in [0.2, 0.25) is 0 Å². The summed E-state index contributed by atoms with van der Waals surface area (Å²) in [5, 5.41) is 8.75. The Morgan fingerprint density at radius 2 is 2.11 bits per heavy atom. The van der Waals surface area contributed by atoms with Gasteiger partial charge < -0.3 is 14.7 Å². The fraction of sp³-hybridized carbons (Fsp3) is 0.533. The molecule has 4 heteroatoms. The third-order valence-corrected chi connectivity index (χ3v) is 3.31. The van der Waals surface area contributed by atoms with Crippen molar-refractivity contribution in [2.45, 2.75) is 32.2 Å². The zero-order chi connectivity index (χ0) is 14.3. The summed E-state index contributed by atoms with van der Waals surface area (Å²) in [6, 6.07) is 7.95. The van der Waals surface area contributed by atoms with Gasteiger partial charge in [0.05, 0.1) is 7.11 Å². The zero-order valence-electron chi connectivity index (χ0n) is 11.9. The highest BCUT2D eigenvalue weighted by atomic mass is 16.5. The highest BCUT2D eigenvalue weighted by Gasteiger charge is 2.17. The average Bonchev–Trinajstić information content (AvgIpc) is 2.44. The maximum absolute atomic E-state index is 11.9. The maximum atomic E-state index is 11.9. The van der Waals surface area contributed by atoms with Gasteiger partial charge in [0.2, 0.25) is 5.91 Å². The molecule has 1 rings (SSSR count). The van der Waals surface area contributed by atoms with Gasteiger partial charge in [0.25, 0.3) is 0 Å². The number of hydrogen-bond acceptors (Lipinski definition) is 3. The van der Waals surface area contributed by atoms with Gasteiger partial charge in [-0.3, -0.25) is 4.79 Å². The molecule has 0 fully saturated rings. The first-order chi connectivity index (χ1) is 9.10. The van der Waals surface area contributed by atoms with Crippen molar-refractivity contribution in [2.24, 2.45) is 0 Å². The second-order valence-corrected chi connectivity index (χ2v) is 4.70. The summed E-state index contributed by atoms with van der Waals surface area (Å²) in [7, 11) is 3.46. The van der Waals surface area contributed by atoms with Crippen LogP contribution in [0.5, 0.6) is 5.75 Å². The van der Waals surface area contributed by atoms with Crippen molar-refractivity contribution in [3.05, 3.63) is 29.8 Å². The van der Waals surface area contributed by atoms with E-state index >= 15 is 0 Å². The largest absolute Gasteiger partial charge is 0.496 e. The van der Waals surface area contributed by atoms with Gasteiger partial charge in [-0.1, -0.05) is 18.2 Å². The normalized spacial score (nSPS) is 12.0. The van der Waals surface area contributed by atoms with E-state index in [2.05, 4.69) is 0 Å². The van der Waals surface area contributed by atoms with Crippen LogP contribution in [0.15, 0.2) is 24.3 Å². The molecule has 19 heavy (non-hydrogen) atoms. The highest BCUT2D eigenvalue weighted by molar-refractivity contribution is 5.76. The zero-order valence-corrected chi connectivity index (χ0v) is 11.9. The molecule has 0 aliphatic rings. The van der Waals surface area contributed by atoms with Crippen molar-refractivity contribution in [1.82, 2.24) is 4.90 Å². The predicted molar refractivity (Wildman–Crippen MR) is 75.2 cm³/mol. The summed E-state index contributed by atoms with van der Waals surface area (Å²) in [5.41, 5.74) is 1.10. The van der Waals surface area contributed by atoms with E-state index in [1.165, 1.54) is 0 Å². The lowest BCUT2D eigenvalue weighted by molar-refractivity contribution is -0.131. The topological polar surface area (TPSA) is 49.8 Å².